The second kappa shape index (κ2) is 6.68. The van der Waals surface area contributed by atoms with Gasteiger partial charge in [0.2, 0.25) is 5.89 Å². The maximum atomic E-state index is 11.3. The summed E-state index contributed by atoms with van der Waals surface area (Å²) in [5.41, 5.74) is 0. The summed E-state index contributed by atoms with van der Waals surface area (Å²) in [6.45, 7) is 4.40. The lowest BCUT2D eigenvalue weighted by molar-refractivity contribution is -0.142. The van der Waals surface area contributed by atoms with Gasteiger partial charge >= 0.3 is 5.97 Å². The number of nitrogens with zero attached hydrogens (tertiary/aromatic N) is 2. The lowest BCUT2D eigenvalue weighted by Crippen LogP contribution is -2.14. The van der Waals surface area contributed by atoms with E-state index in [0.717, 1.165) is 24.6 Å². The molecule has 0 aromatic carbocycles. The van der Waals surface area contributed by atoms with Crippen LogP contribution in [-0.2, 0) is 16.0 Å². The summed E-state index contributed by atoms with van der Waals surface area (Å²) in [4.78, 5) is 15.7. The molecule has 1 fully saturated rings. The molecule has 106 valence electrons. The number of aromatic nitrogens is 2. The van der Waals surface area contributed by atoms with E-state index in [0.29, 0.717) is 18.4 Å². The Morgan fingerprint density at radius 1 is 1.32 bits per heavy atom. The minimum atomic E-state index is -0.313. The minimum Gasteiger partial charge on any atom is -0.466 e. The Balaban J connectivity index is 1.88. The van der Waals surface area contributed by atoms with Crippen LogP contribution in [0.5, 0.6) is 0 Å². The lowest BCUT2D eigenvalue weighted by Gasteiger charge is -2.25. The normalized spacial score (nSPS) is 23.3. The van der Waals surface area contributed by atoms with Crippen LogP contribution in [0.3, 0.4) is 0 Å². The highest BCUT2D eigenvalue weighted by Crippen LogP contribution is 2.35. The third kappa shape index (κ3) is 3.78. The van der Waals surface area contributed by atoms with Crippen molar-refractivity contribution in [3.8, 4) is 0 Å². The Hall–Kier alpha value is -1.39. The van der Waals surface area contributed by atoms with E-state index in [1.807, 2.05) is 0 Å². The molecule has 0 unspecified atom stereocenters. The van der Waals surface area contributed by atoms with Gasteiger partial charge in [0.15, 0.2) is 5.82 Å². The summed E-state index contributed by atoms with van der Waals surface area (Å²) >= 11 is 0. The number of hydrogen-bond acceptors (Lipinski definition) is 5. The Morgan fingerprint density at radius 3 is 2.68 bits per heavy atom. The zero-order valence-electron chi connectivity index (χ0n) is 11.7. The van der Waals surface area contributed by atoms with E-state index in [4.69, 9.17) is 9.26 Å². The molecule has 1 aliphatic carbocycles. The largest absolute Gasteiger partial charge is 0.466 e. The molecule has 1 saturated carbocycles. The van der Waals surface area contributed by atoms with E-state index < -0.39 is 0 Å². The number of carbonyl (C=O) groups is 1. The third-order valence-corrected chi connectivity index (χ3v) is 3.87. The lowest BCUT2D eigenvalue weighted by atomic mass is 9.80. The van der Waals surface area contributed by atoms with E-state index in [9.17, 15) is 4.79 Å². The summed E-state index contributed by atoms with van der Waals surface area (Å²) in [7, 11) is 0. The van der Waals surface area contributed by atoms with E-state index in [-0.39, 0.29) is 12.4 Å². The molecule has 1 aromatic heterocycles. The number of carbonyl (C=O) groups excluding carboxylic acids is 1. The molecule has 1 aliphatic rings. The van der Waals surface area contributed by atoms with Crippen LogP contribution in [0, 0.1) is 5.92 Å². The van der Waals surface area contributed by atoms with Crippen molar-refractivity contribution in [2.45, 2.75) is 58.3 Å². The van der Waals surface area contributed by atoms with Crippen molar-refractivity contribution in [2.75, 3.05) is 6.61 Å². The van der Waals surface area contributed by atoms with Gasteiger partial charge < -0.3 is 9.26 Å². The standard InChI is InChI=1S/C14H22N2O3/c1-3-10-5-7-11(8-6-10)14-15-12(19-16-14)9-13(17)18-4-2/h10-11H,3-9H2,1-2H3. The predicted octanol–water partition coefficient (Wildman–Crippen LogP) is 2.86. The fourth-order valence-electron chi connectivity index (χ4n) is 2.67. The highest BCUT2D eigenvalue weighted by Gasteiger charge is 2.25. The minimum absolute atomic E-state index is 0.0745. The van der Waals surface area contributed by atoms with Gasteiger partial charge in [-0.05, 0) is 38.5 Å². The molecular weight excluding hydrogens is 244 g/mol. The monoisotopic (exact) mass is 266 g/mol. The van der Waals surface area contributed by atoms with Crippen LogP contribution in [0.25, 0.3) is 0 Å². The maximum absolute atomic E-state index is 11.3. The first-order chi connectivity index (χ1) is 9.22. The molecule has 0 N–H and O–H groups in total. The zero-order chi connectivity index (χ0) is 13.7. The molecule has 5 nitrogen and oxygen atoms in total. The number of rotatable bonds is 5. The van der Waals surface area contributed by atoms with Crippen LogP contribution in [0.15, 0.2) is 4.52 Å². The first kappa shape index (κ1) is 14.0. The van der Waals surface area contributed by atoms with Crippen LogP contribution >= 0.6 is 0 Å². The van der Waals surface area contributed by atoms with Gasteiger partial charge in [-0.25, -0.2) is 0 Å². The number of esters is 1. The number of ether oxygens (including phenoxy) is 1. The number of hydrogen-bond donors (Lipinski definition) is 0. The SMILES string of the molecule is CCOC(=O)Cc1nc(C2CCC(CC)CC2)no1. The second-order valence-electron chi connectivity index (χ2n) is 5.15. The van der Waals surface area contributed by atoms with Gasteiger partial charge in [-0.2, -0.15) is 4.98 Å². The summed E-state index contributed by atoms with van der Waals surface area (Å²) in [5.74, 6) is 2.05. The van der Waals surface area contributed by atoms with Crippen molar-refractivity contribution in [1.29, 1.82) is 0 Å². The average molecular weight is 266 g/mol. The molecule has 0 bridgehead atoms. The van der Waals surface area contributed by atoms with Gasteiger partial charge in [0, 0.05) is 5.92 Å². The van der Waals surface area contributed by atoms with Gasteiger partial charge in [0.1, 0.15) is 6.42 Å². The van der Waals surface area contributed by atoms with E-state index in [2.05, 4.69) is 17.1 Å². The summed E-state index contributed by atoms with van der Waals surface area (Å²) < 4.78 is 9.99. The molecule has 1 heterocycles. The molecule has 1 aromatic rings. The fourth-order valence-corrected chi connectivity index (χ4v) is 2.67. The molecule has 0 saturated heterocycles. The van der Waals surface area contributed by atoms with Gasteiger partial charge in [-0.15, -0.1) is 0 Å². The van der Waals surface area contributed by atoms with E-state index in [1.54, 1.807) is 6.92 Å². The van der Waals surface area contributed by atoms with Crippen molar-refractivity contribution in [3.63, 3.8) is 0 Å². The van der Waals surface area contributed by atoms with Crippen molar-refractivity contribution >= 4 is 5.97 Å². The van der Waals surface area contributed by atoms with Crippen molar-refractivity contribution in [1.82, 2.24) is 10.1 Å². The average Bonchev–Trinajstić information content (AvgIpc) is 2.87. The highest BCUT2D eigenvalue weighted by molar-refractivity contribution is 5.71. The van der Waals surface area contributed by atoms with Crippen LogP contribution in [0.4, 0.5) is 0 Å². The Kier molecular flexibility index (Phi) is 4.93. The highest BCUT2D eigenvalue weighted by atomic mass is 16.5. The van der Waals surface area contributed by atoms with Crippen LogP contribution in [0.2, 0.25) is 0 Å². The fraction of sp³-hybridized carbons (Fsp3) is 0.786. The van der Waals surface area contributed by atoms with Crippen molar-refractivity contribution in [2.24, 2.45) is 5.92 Å². The van der Waals surface area contributed by atoms with Gasteiger partial charge in [-0.3, -0.25) is 4.79 Å². The van der Waals surface area contributed by atoms with Gasteiger partial charge in [0.05, 0.1) is 6.61 Å². The van der Waals surface area contributed by atoms with E-state index >= 15 is 0 Å². The molecule has 0 aliphatic heterocycles. The molecule has 0 spiro atoms. The Bertz CT molecular complexity index is 409. The predicted molar refractivity (Wildman–Crippen MR) is 69.6 cm³/mol. The Morgan fingerprint density at radius 2 is 2.05 bits per heavy atom. The Labute approximate surface area is 113 Å². The maximum Gasteiger partial charge on any atom is 0.315 e. The van der Waals surface area contributed by atoms with Crippen LogP contribution < -0.4 is 0 Å². The van der Waals surface area contributed by atoms with Gasteiger partial charge in [-0.1, -0.05) is 18.5 Å². The molecule has 0 radical (unpaired) electrons. The molecule has 2 rings (SSSR count). The summed E-state index contributed by atoms with van der Waals surface area (Å²) in [5, 5.41) is 4.01. The second-order valence-corrected chi connectivity index (χ2v) is 5.15. The smallest absolute Gasteiger partial charge is 0.315 e. The van der Waals surface area contributed by atoms with E-state index in [1.165, 1.54) is 19.3 Å². The first-order valence-corrected chi connectivity index (χ1v) is 7.21. The molecule has 0 atom stereocenters. The molecular formula is C14H22N2O3. The van der Waals surface area contributed by atoms with Crippen molar-refractivity contribution < 1.29 is 14.1 Å². The topological polar surface area (TPSA) is 65.2 Å². The van der Waals surface area contributed by atoms with Gasteiger partial charge in [0.25, 0.3) is 0 Å². The van der Waals surface area contributed by atoms with Crippen molar-refractivity contribution in [3.05, 3.63) is 11.7 Å². The van der Waals surface area contributed by atoms with Crippen LogP contribution in [-0.4, -0.2) is 22.7 Å². The molecule has 5 heteroatoms. The van der Waals surface area contributed by atoms with Crippen LogP contribution in [0.1, 0.15) is 63.6 Å². The quantitative estimate of drug-likeness (QED) is 0.767. The summed E-state index contributed by atoms with van der Waals surface area (Å²) in [6, 6.07) is 0. The zero-order valence-corrected chi connectivity index (χ0v) is 11.7. The molecule has 19 heavy (non-hydrogen) atoms. The third-order valence-electron chi connectivity index (χ3n) is 3.87. The first-order valence-electron chi connectivity index (χ1n) is 7.21. The summed E-state index contributed by atoms with van der Waals surface area (Å²) in [6.07, 6.45) is 6.05. The molecule has 0 amide bonds.